The summed E-state index contributed by atoms with van der Waals surface area (Å²) in [5.74, 6) is -0.403. The lowest BCUT2D eigenvalue weighted by Gasteiger charge is -2.18. The quantitative estimate of drug-likeness (QED) is 0.621. The molecule has 0 aliphatic heterocycles. The second kappa shape index (κ2) is 5.91. The van der Waals surface area contributed by atoms with Crippen molar-refractivity contribution in [3.05, 3.63) is 35.9 Å². The van der Waals surface area contributed by atoms with Crippen molar-refractivity contribution in [2.45, 2.75) is 24.6 Å². The molecule has 0 aromatic heterocycles. The number of hydrogen-bond donors (Lipinski definition) is 0. The molecule has 0 N–H and O–H groups in total. The van der Waals surface area contributed by atoms with Crippen LogP contribution in [0.3, 0.4) is 0 Å². The second-order valence-electron chi connectivity index (χ2n) is 3.32. The van der Waals surface area contributed by atoms with E-state index in [0.29, 0.717) is 6.61 Å². The maximum Gasteiger partial charge on any atom is 0.314 e. The summed E-state index contributed by atoms with van der Waals surface area (Å²) in [5, 5.41) is 0. The van der Waals surface area contributed by atoms with Gasteiger partial charge in [0.2, 0.25) is 0 Å². The number of carbonyl (C=O) groups is 1. The van der Waals surface area contributed by atoms with Crippen LogP contribution in [-0.4, -0.2) is 17.4 Å². The summed E-state index contributed by atoms with van der Waals surface area (Å²) < 4.78 is 5.05. The van der Waals surface area contributed by atoms with Crippen LogP contribution in [0.4, 0.5) is 0 Å². The molecule has 0 saturated heterocycles. The van der Waals surface area contributed by atoms with Gasteiger partial charge in [-0.25, -0.2) is 0 Å². The van der Waals surface area contributed by atoms with Gasteiger partial charge in [0.1, 0.15) is 0 Å². The maximum absolute atomic E-state index is 11.7. The average Bonchev–Trinajstić information content (AvgIpc) is 2.19. The Bertz CT molecular complexity index is 309. The van der Waals surface area contributed by atoms with Gasteiger partial charge in [-0.2, -0.15) is 0 Å². The minimum absolute atomic E-state index is 0.0685. The van der Waals surface area contributed by atoms with Crippen molar-refractivity contribution in [1.29, 1.82) is 0 Å². The van der Waals surface area contributed by atoms with Crippen LogP contribution in [0, 0.1) is 0 Å². The van der Waals surface area contributed by atoms with Crippen molar-refractivity contribution in [1.82, 2.24) is 0 Å². The molecule has 0 amide bonds. The molecule has 3 heteroatoms. The fourth-order valence-corrected chi connectivity index (χ4v) is 2.00. The molecule has 1 aromatic carbocycles. The summed E-state index contributed by atoms with van der Waals surface area (Å²) in [6.07, 6.45) is 0. The topological polar surface area (TPSA) is 26.3 Å². The Kier molecular flexibility index (Phi) is 4.82. The van der Waals surface area contributed by atoms with Crippen molar-refractivity contribution in [2.24, 2.45) is 0 Å². The zero-order valence-electron chi connectivity index (χ0n) is 8.94. The highest BCUT2D eigenvalue weighted by Crippen LogP contribution is 2.26. The van der Waals surface area contributed by atoms with E-state index in [9.17, 15) is 4.79 Å². The van der Waals surface area contributed by atoms with Crippen molar-refractivity contribution in [3.63, 3.8) is 0 Å². The molecule has 0 spiro atoms. The van der Waals surface area contributed by atoms with E-state index in [1.807, 2.05) is 44.2 Å². The van der Waals surface area contributed by atoms with Gasteiger partial charge in [-0.15, -0.1) is 0 Å². The Balaban J connectivity index is 2.88. The average molecular weight is 271 g/mol. The zero-order valence-corrected chi connectivity index (χ0v) is 10.5. The lowest BCUT2D eigenvalue weighted by molar-refractivity contribution is -0.144. The first-order valence-corrected chi connectivity index (χ1v) is 5.94. The van der Waals surface area contributed by atoms with Gasteiger partial charge in [0.05, 0.1) is 12.5 Å². The molecule has 0 bridgehead atoms. The molecular weight excluding hydrogens is 256 g/mol. The van der Waals surface area contributed by atoms with Gasteiger partial charge in [0, 0.05) is 4.83 Å². The summed E-state index contributed by atoms with van der Waals surface area (Å²) in [6.45, 7) is 4.19. The van der Waals surface area contributed by atoms with Crippen LogP contribution in [0.5, 0.6) is 0 Å². The van der Waals surface area contributed by atoms with Crippen LogP contribution in [0.25, 0.3) is 0 Å². The molecule has 0 aliphatic rings. The minimum atomic E-state index is -0.230. The molecule has 0 aliphatic carbocycles. The summed E-state index contributed by atoms with van der Waals surface area (Å²) in [5.41, 5.74) is 0.986. The predicted molar refractivity (Wildman–Crippen MR) is 64.2 cm³/mol. The molecule has 82 valence electrons. The molecule has 1 rings (SSSR count). The van der Waals surface area contributed by atoms with E-state index >= 15 is 0 Å². The number of rotatable bonds is 4. The molecule has 0 fully saturated rings. The Labute approximate surface area is 98.8 Å². The highest BCUT2D eigenvalue weighted by molar-refractivity contribution is 9.09. The highest BCUT2D eigenvalue weighted by Gasteiger charge is 2.26. The third-order valence-electron chi connectivity index (χ3n) is 2.16. The lowest BCUT2D eigenvalue weighted by atomic mass is 9.97. The molecular formula is C12H15BrO2. The first-order chi connectivity index (χ1) is 7.16. The number of carbonyl (C=O) groups excluding carboxylic acids is 1. The van der Waals surface area contributed by atoms with Crippen molar-refractivity contribution in [3.8, 4) is 0 Å². The standard InChI is InChI=1S/C12H15BrO2/c1-3-15-12(14)11(9(2)13)10-7-5-4-6-8-10/h4-9,11H,3H2,1-2H3. The fraction of sp³-hybridized carbons (Fsp3) is 0.417. The van der Waals surface area contributed by atoms with Gasteiger partial charge in [-0.1, -0.05) is 53.2 Å². The number of alkyl halides is 1. The van der Waals surface area contributed by atoms with Gasteiger partial charge in [0.15, 0.2) is 0 Å². The predicted octanol–water partition coefficient (Wildman–Crippen LogP) is 3.12. The Morgan fingerprint density at radius 1 is 1.40 bits per heavy atom. The zero-order chi connectivity index (χ0) is 11.3. The van der Waals surface area contributed by atoms with Crippen molar-refractivity contribution >= 4 is 21.9 Å². The maximum atomic E-state index is 11.7. The molecule has 15 heavy (non-hydrogen) atoms. The summed E-state index contributed by atoms with van der Waals surface area (Å²) >= 11 is 3.45. The van der Waals surface area contributed by atoms with Gasteiger partial charge < -0.3 is 4.74 Å². The SMILES string of the molecule is CCOC(=O)C(c1ccccc1)C(C)Br. The minimum Gasteiger partial charge on any atom is -0.465 e. The Morgan fingerprint density at radius 3 is 2.47 bits per heavy atom. The van der Waals surface area contributed by atoms with E-state index < -0.39 is 0 Å². The molecule has 2 unspecified atom stereocenters. The summed E-state index contributed by atoms with van der Waals surface area (Å²) in [6, 6.07) is 9.68. The van der Waals surface area contributed by atoms with Gasteiger partial charge in [0.25, 0.3) is 0 Å². The van der Waals surface area contributed by atoms with E-state index in [0.717, 1.165) is 5.56 Å². The number of ether oxygens (including phenoxy) is 1. The van der Waals surface area contributed by atoms with E-state index in [1.54, 1.807) is 0 Å². The first-order valence-electron chi connectivity index (χ1n) is 5.02. The lowest BCUT2D eigenvalue weighted by Crippen LogP contribution is -2.22. The largest absolute Gasteiger partial charge is 0.465 e. The van der Waals surface area contributed by atoms with E-state index in [4.69, 9.17) is 4.74 Å². The number of benzene rings is 1. The molecule has 0 radical (unpaired) electrons. The molecule has 2 atom stereocenters. The molecule has 1 aromatic rings. The molecule has 0 saturated carbocycles. The molecule has 0 heterocycles. The van der Waals surface area contributed by atoms with Crippen LogP contribution >= 0.6 is 15.9 Å². The number of esters is 1. The third kappa shape index (κ3) is 3.34. The van der Waals surface area contributed by atoms with Gasteiger partial charge in [-0.3, -0.25) is 4.79 Å². The third-order valence-corrected chi connectivity index (χ3v) is 2.69. The van der Waals surface area contributed by atoms with Crippen molar-refractivity contribution in [2.75, 3.05) is 6.61 Å². The van der Waals surface area contributed by atoms with E-state index in [1.165, 1.54) is 0 Å². The van der Waals surface area contributed by atoms with Crippen LogP contribution in [0.1, 0.15) is 25.3 Å². The van der Waals surface area contributed by atoms with Crippen LogP contribution in [-0.2, 0) is 9.53 Å². The van der Waals surface area contributed by atoms with Crippen molar-refractivity contribution < 1.29 is 9.53 Å². The summed E-state index contributed by atoms with van der Waals surface area (Å²) in [4.78, 5) is 11.8. The monoisotopic (exact) mass is 270 g/mol. The smallest absolute Gasteiger partial charge is 0.314 e. The van der Waals surface area contributed by atoms with E-state index in [-0.39, 0.29) is 16.7 Å². The van der Waals surface area contributed by atoms with Crippen LogP contribution in [0.15, 0.2) is 30.3 Å². The number of hydrogen-bond acceptors (Lipinski definition) is 2. The fourth-order valence-electron chi connectivity index (χ4n) is 1.48. The second-order valence-corrected chi connectivity index (χ2v) is 4.76. The highest BCUT2D eigenvalue weighted by atomic mass is 79.9. The van der Waals surface area contributed by atoms with Crippen LogP contribution < -0.4 is 0 Å². The summed E-state index contributed by atoms with van der Waals surface area (Å²) in [7, 11) is 0. The number of halogens is 1. The van der Waals surface area contributed by atoms with Gasteiger partial charge >= 0.3 is 5.97 Å². The molecule has 2 nitrogen and oxygen atoms in total. The first kappa shape index (κ1) is 12.2. The Morgan fingerprint density at radius 2 is 2.00 bits per heavy atom. The normalized spacial score (nSPS) is 14.3. The Hall–Kier alpha value is -0.830. The van der Waals surface area contributed by atoms with Gasteiger partial charge in [-0.05, 0) is 12.5 Å². The van der Waals surface area contributed by atoms with Crippen LogP contribution in [0.2, 0.25) is 0 Å². The van der Waals surface area contributed by atoms with E-state index in [2.05, 4.69) is 15.9 Å².